The van der Waals surface area contributed by atoms with Crippen LogP contribution in [0.4, 0.5) is 0 Å². The normalized spacial score (nSPS) is 34.3. The Kier molecular flexibility index (Phi) is 15.1. The summed E-state index contributed by atoms with van der Waals surface area (Å²) in [6.45, 7) is -0.257. The number of carbonyl (C=O) groups is 1. The predicted molar refractivity (Wildman–Crippen MR) is 129 cm³/mol. The van der Waals surface area contributed by atoms with E-state index in [1.54, 1.807) is 0 Å². The van der Waals surface area contributed by atoms with Crippen LogP contribution in [0.3, 0.4) is 0 Å². The van der Waals surface area contributed by atoms with Crippen LogP contribution in [0.2, 0.25) is 0 Å². The van der Waals surface area contributed by atoms with Crippen molar-refractivity contribution in [3.05, 3.63) is 0 Å². The van der Waals surface area contributed by atoms with Gasteiger partial charge in [-0.25, -0.2) is 18.0 Å². The first kappa shape index (κ1) is 37.3. The summed E-state index contributed by atoms with van der Waals surface area (Å²) in [6.07, 6.45) is -16.1. The lowest BCUT2D eigenvalue weighted by Crippen LogP contribution is -2.66. The van der Waals surface area contributed by atoms with Crippen LogP contribution in [-0.4, -0.2) is 143 Å². The number of ether oxygens (including phenoxy) is 8. The minimum atomic E-state index is -5.27. The second kappa shape index (κ2) is 17.0. The minimum absolute atomic E-state index is 0.120. The number of methoxy groups -OCH3 is 5. The van der Waals surface area contributed by atoms with Gasteiger partial charge in [0.2, 0.25) is 0 Å². The van der Waals surface area contributed by atoms with Crippen molar-refractivity contribution in [2.75, 3.05) is 49.3 Å². The Balaban J connectivity index is 2.56. The van der Waals surface area contributed by atoms with E-state index in [9.17, 15) is 30.7 Å². The Morgan fingerprint density at radius 2 is 1.33 bits per heavy atom. The smallest absolute Gasteiger partial charge is 0.397 e. The highest BCUT2D eigenvalue weighted by Gasteiger charge is 2.57. The van der Waals surface area contributed by atoms with E-state index in [0.717, 1.165) is 35.5 Å². The molecular formula is C18H32O21S3. The number of hydrogen-bond acceptors (Lipinski definition) is 20. The monoisotopic (exact) mass is 680 g/mol. The molecule has 2 aliphatic rings. The molecule has 0 amide bonds. The molecule has 2 heterocycles. The zero-order valence-electron chi connectivity index (χ0n) is 22.9. The van der Waals surface area contributed by atoms with E-state index in [4.69, 9.17) is 50.4 Å². The van der Waals surface area contributed by atoms with Crippen molar-refractivity contribution in [2.45, 2.75) is 61.4 Å². The fourth-order valence-corrected chi connectivity index (χ4v) is 5.51. The molecule has 248 valence electrons. The first-order chi connectivity index (χ1) is 19.7. The van der Waals surface area contributed by atoms with Gasteiger partial charge in [-0.1, -0.05) is 5.04 Å². The predicted octanol–water partition coefficient (Wildman–Crippen LogP) is -1.85. The van der Waals surface area contributed by atoms with Crippen LogP contribution in [0.25, 0.3) is 0 Å². The third-order valence-corrected chi connectivity index (χ3v) is 7.00. The van der Waals surface area contributed by atoms with Crippen LogP contribution in [0.1, 0.15) is 0 Å². The Labute approximate surface area is 245 Å². The summed E-state index contributed by atoms with van der Waals surface area (Å²) < 4.78 is 128. The Morgan fingerprint density at radius 1 is 0.762 bits per heavy atom. The zero-order chi connectivity index (χ0) is 31.7. The van der Waals surface area contributed by atoms with E-state index in [1.807, 2.05) is 0 Å². The molecule has 2 fully saturated rings. The van der Waals surface area contributed by atoms with Crippen molar-refractivity contribution >= 4 is 39.1 Å². The summed E-state index contributed by atoms with van der Waals surface area (Å²) in [6, 6.07) is 0. The molecule has 2 rings (SSSR count). The molecule has 0 radical (unpaired) electrons. The molecule has 0 aromatic carbocycles. The molecule has 21 nitrogen and oxygen atoms in total. The van der Waals surface area contributed by atoms with Gasteiger partial charge >= 0.3 is 26.8 Å². The Bertz CT molecular complexity index is 1040. The third-order valence-electron chi connectivity index (χ3n) is 5.66. The molecule has 24 heteroatoms. The molecule has 2 N–H and O–H groups in total. The van der Waals surface area contributed by atoms with Crippen LogP contribution < -0.4 is 0 Å². The number of carbonyl (C=O) groups excluding carboxylic acids is 1. The largest absolute Gasteiger partial charge is 0.467 e. The molecule has 2 aliphatic heterocycles. The average molecular weight is 681 g/mol. The standard InChI is InChI=1S/C18H32O21S3/c1-26-7-8-9(10(27-2)14(17(30-5)32-8)36-41(20,21)22)33-18-15(37-42(23,24)25)11(28-3)12(35-40-39-38-31-6)13(34-18)16(19)29-4/h8-15,17-18H,7H2,1-6H3,(H,20,21,22)(H,23,24,25)/t8?,9-,10?,11?,12-,13?,14?,15+,17+,18-/m1/s1. The molecule has 10 atom stereocenters. The first-order valence-electron chi connectivity index (χ1n) is 11.4. The highest BCUT2D eigenvalue weighted by atomic mass is 32.3. The Morgan fingerprint density at radius 3 is 1.81 bits per heavy atom. The maximum Gasteiger partial charge on any atom is 0.397 e. The fourth-order valence-electron chi connectivity index (χ4n) is 4.14. The highest BCUT2D eigenvalue weighted by Crippen LogP contribution is 2.36. The lowest BCUT2D eigenvalue weighted by molar-refractivity contribution is -0.450. The van der Waals surface area contributed by atoms with Crippen molar-refractivity contribution in [3.63, 3.8) is 0 Å². The van der Waals surface area contributed by atoms with Crippen molar-refractivity contribution < 1.29 is 95.4 Å². The number of hydrogen-bond donors (Lipinski definition) is 2. The molecule has 2 saturated heterocycles. The molecule has 0 aromatic heterocycles. The van der Waals surface area contributed by atoms with Crippen molar-refractivity contribution in [1.29, 1.82) is 0 Å². The van der Waals surface area contributed by atoms with Gasteiger partial charge in [0, 0.05) is 28.4 Å². The van der Waals surface area contributed by atoms with E-state index in [2.05, 4.69) is 14.3 Å². The first-order valence-corrected chi connectivity index (χ1v) is 14.8. The molecule has 42 heavy (non-hydrogen) atoms. The summed E-state index contributed by atoms with van der Waals surface area (Å²) in [4.78, 5) is 16.9. The van der Waals surface area contributed by atoms with E-state index in [1.165, 1.54) is 7.11 Å². The topological polar surface area (TPSA) is 255 Å². The fraction of sp³-hybridized carbons (Fsp3) is 0.944. The van der Waals surface area contributed by atoms with Crippen molar-refractivity contribution in [3.8, 4) is 0 Å². The van der Waals surface area contributed by atoms with E-state index >= 15 is 0 Å². The van der Waals surface area contributed by atoms with E-state index in [-0.39, 0.29) is 18.9 Å². The number of rotatable bonds is 17. The second-order valence-corrected chi connectivity index (χ2v) is 10.7. The van der Waals surface area contributed by atoms with Gasteiger partial charge < -0.3 is 37.9 Å². The highest BCUT2D eigenvalue weighted by molar-refractivity contribution is 7.89. The molecule has 0 spiro atoms. The summed E-state index contributed by atoms with van der Waals surface area (Å²) in [5.74, 6) is -1.07. The van der Waals surface area contributed by atoms with Gasteiger partial charge in [-0.3, -0.25) is 13.3 Å². The van der Waals surface area contributed by atoms with Crippen LogP contribution in [0, 0.1) is 0 Å². The summed E-state index contributed by atoms with van der Waals surface area (Å²) >= 11 is 0.120. The van der Waals surface area contributed by atoms with Crippen LogP contribution >= 0.6 is 12.3 Å². The Hall–Kier alpha value is -0.880. The quantitative estimate of drug-likeness (QED) is 0.0427. The van der Waals surface area contributed by atoms with Gasteiger partial charge in [0.25, 0.3) is 0 Å². The lowest BCUT2D eigenvalue weighted by Gasteiger charge is -2.48. The molecule has 0 saturated carbocycles. The van der Waals surface area contributed by atoms with Crippen LogP contribution in [0.15, 0.2) is 0 Å². The maximum absolute atomic E-state index is 12.7. The molecule has 5 unspecified atom stereocenters. The second-order valence-electron chi connectivity index (χ2n) is 8.09. The SMILES string of the molecule is COCC1O[C@H](OC)C(OS(=O)(=O)O)C(OC)[C@@H]1O[C@@H]1OC(C(=O)OC)[C@H](OSOOOC)C(OC)[C@@H]1OS(=O)(=O)O. The van der Waals surface area contributed by atoms with Gasteiger partial charge in [0.15, 0.2) is 43.2 Å². The average Bonchev–Trinajstić information content (AvgIpc) is 2.91. The molecule has 0 bridgehead atoms. The summed E-state index contributed by atoms with van der Waals surface area (Å²) in [5, 5.41) is 4.19. The molecular weight excluding hydrogens is 648 g/mol. The van der Waals surface area contributed by atoms with E-state index in [0.29, 0.717) is 0 Å². The summed E-state index contributed by atoms with van der Waals surface area (Å²) in [5.41, 5.74) is 0. The van der Waals surface area contributed by atoms with Gasteiger partial charge in [0.05, 0.1) is 20.8 Å². The number of esters is 1. The minimum Gasteiger partial charge on any atom is -0.467 e. The van der Waals surface area contributed by atoms with Crippen LogP contribution in [0.5, 0.6) is 0 Å². The van der Waals surface area contributed by atoms with Crippen LogP contribution in [-0.2, 0) is 90.3 Å². The van der Waals surface area contributed by atoms with Gasteiger partial charge in [-0.2, -0.15) is 16.8 Å². The lowest BCUT2D eigenvalue weighted by atomic mass is 9.96. The van der Waals surface area contributed by atoms with Gasteiger partial charge in [0.1, 0.15) is 30.5 Å². The third kappa shape index (κ3) is 10.3. The van der Waals surface area contributed by atoms with Crippen molar-refractivity contribution in [1.82, 2.24) is 0 Å². The molecule has 0 aromatic rings. The zero-order valence-corrected chi connectivity index (χ0v) is 25.3. The maximum atomic E-state index is 12.7. The van der Waals surface area contributed by atoms with Gasteiger partial charge in [-0.15, -0.1) is 4.33 Å². The molecule has 0 aliphatic carbocycles. The summed E-state index contributed by atoms with van der Waals surface area (Å²) in [7, 11) is -3.64. The van der Waals surface area contributed by atoms with Gasteiger partial charge in [-0.05, 0) is 0 Å². The van der Waals surface area contributed by atoms with Crippen molar-refractivity contribution in [2.24, 2.45) is 0 Å². The van der Waals surface area contributed by atoms with E-state index < -0.39 is 88.2 Å².